The molecule has 0 saturated carbocycles. The number of rotatable bonds is 11. The number of carbonyl (C=O) groups excluding carboxylic acids is 2. The van der Waals surface area contributed by atoms with Crippen LogP contribution in [0.15, 0.2) is 0 Å². The van der Waals surface area contributed by atoms with Crippen LogP contribution in [-0.4, -0.2) is 36.4 Å². The van der Waals surface area contributed by atoms with Crippen LogP contribution >= 0.6 is 0 Å². The molecular formula is C22H28F5NO5. The van der Waals surface area contributed by atoms with Crippen molar-refractivity contribution in [2.24, 2.45) is 11.8 Å². The SMILES string of the molecule is CCC[C@@H]([C@H](C(=O)Oc1c(F)c(F)c(F)c(F)c1F)C(C)CC)N(C=O)OC1CCCCO1. The minimum atomic E-state index is -2.36. The first-order valence-electron chi connectivity index (χ1n) is 10.9. The van der Waals surface area contributed by atoms with Gasteiger partial charge in [0.15, 0.2) is 6.29 Å². The Morgan fingerprint density at radius 2 is 1.70 bits per heavy atom. The number of esters is 1. The molecule has 33 heavy (non-hydrogen) atoms. The van der Waals surface area contributed by atoms with E-state index >= 15 is 0 Å². The van der Waals surface area contributed by atoms with Crippen LogP contribution in [0.4, 0.5) is 22.0 Å². The highest BCUT2D eigenvalue weighted by molar-refractivity contribution is 5.76. The zero-order valence-electron chi connectivity index (χ0n) is 18.7. The lowest BCUT2D eigenvalue weighted by atomic mass is 9.83. The maximum absolute atomic E-state index is 14.1. The molecule has 2 unspecified atom stereocenters. The van der Waals surface area contributed by atoms with Crippen molar-refractivity contribution in [3.05, 3.63) is 29.1 Å². The number of benzene rings is 1. The van der Waals surface area contributed by atoms with Gasteiger partial charge in [-0.05, 0) is 25.2 Å². The Balaban J connectivity index is 2.39. The lowest BCUT2D eigenvalue weighted by molar-refractivity contribution is -0.291. The van der Waals surface area contributed by atoms with Crippen LogP contribution in [0, 0.1) is 40.9 Å². The van der Waals surface area contributed by atoms with Crippen molar-refractivity contribution in [1.82, 2.24) is 5.06 Å². The van der Waals surface area contributed by atoms with E-state index in [0.29, 0.717) is 32.3 Å². The third-order valence-electron chi connectivity index (χ3n) is 5.71. The van der Waals surface area contributed by atoms with Gasteiger partial charge < -0.3 is 9.47 Å². The number of halogens is 5. The Morgan fingerprint density at radius 3 is 2.18 bits per heavy atom. The molecule has 186 valence electrons. The van der Waals surface area contributed by atoms with Crippen molar-refractivity contribution in [1.29, 1.82) is 0 Å². The molecule has 1 aliphatic heterocycles. The summed E-state index contributed by atoms with van der Waals surface area (Å²) < 4.78 is 78.8. The quantitative estimate of drug-likeness (QED) is 0.0843. The van der Waals surface area contributed by atoms with Crippen molar-refractivity contribution in [3.8, 4) is 5.75 Å². The van der Waals surface area contributed by atoms with Crippen LogP contribution in [-0.2, 0) is 19.2 Å². The maximum atomic E-state index is 14.1. The average molecular weight is 481 g/mol. The molecule has 2 rings (SSSR count). The van der Waals surface area contributed by atoms with Gasteiger partial charge in [-0.15, -0.1) is 0 Å². The van der Waals surface area contributed by atoms with Gasteiger partial charge in [0.1, 0.15) is 0 Å². The topological polar surface area (TPSA) is 65.1 Å². The summed E-state index contributed by atoms with van der Waals surface area (Å²) in [7, 11) is 0. The average Bonchev–Trinajstić information content (AvgIpc) is 2.82. The fourth-order valence-electron chi connectivity index (χ4n) is 3.74. The van der Waals surface area contributed by atoms with E-state index in [2.05, 4.69) is 0 Å². The van der Waals surface area contributed by atoms with Gasteiger partial charge in [0.25, 0.3) is 0 Å². The lowest BCUT2D eigenvalue weighted by Gasteiger charge is -2.37. The standard InChI is InChI=1S/C22H28F5NO5/c1-4-8-13(28(11-29)33-14-9-6-7-10-31-14)15(12(3)5-2)22(30)32-21-19(26)17(24)16(23)18(25)20(21)27/h11-15H,4-10H2,1-3H3/t12?,13-,14?,15+/m0/s1. The van der Waals surface area contributed by atoms with Gasteiger partial charge in [0, 0.05) is 13.0 Å². The monoisotopic (exact) mass is 481 g/mol. The maximum Gasteiger partial charge on any atom is 0.317 e. The second-order valence-corrected chi connectivity index (χ2v) is 7.95. The van der Waals surface area contributed by atoms with E-state index in [1.54, 1.807) is 20.8 Å². The molecule has 0 bridgehead atoms. The third kappa shape index (κ3) is 6.20. The fourth-order valence-corrected chi connectivity index (χ4v) is 3.74. The predicted octanol–water partition coefficient (Wildman–Crippen LogP) is 5.04. The van der Waals surface area contributed by atoms with E-state index in [1.807, 2.05) is 0 Å². The van der Waals surface area contributed by atoms with Crippen LogP contribution in [0.1, 0.15) is 59.3 Å². The summed E-state index contributed by atoms with van der Waals surface area (Å²) in [5.41, 5.74) is 0. The zero-order chi connectivity index (χ0) is 24.7. The number of carbonyl (C=O) groups is 2. The molecule has 0 aliphatic carbocycles. The van der Waals surface area contributed by atoms with Crippen molar-refractivity contribution in [3.63, 3.8) is 0 Å². The molecule has 11 heteroatoms. The highest BCUT2D eigenvalue weighted by Crippen LogP contribution is 2.33. The first kappa shape index (κ1) is 27.0. The van der Waals surface area contributed by atoms with Gasteiger partial charge in [0.05, 0.1) is 12.0 Å². The molecule has 6 nitrogen and oxygen atoms in total. The largest absolute Gasteiger partial charge is 0.420 e. The molecular weight excluding hydrogens is 453 g/mol. The number of ether oxygens (including phenoxy) is 2. The molecule has 1 amide bonds. The van der Waals surface area contributed by atoms with Crippen molar-refractivity contribution >= 4 is 12.4 Å². The number of amides is 1. The second-order valence-electron chi connectivity index (χ2n) is 7.95. The third-order valence-corrected chi connectivity index (χ3v) is 5.71. The van der Waals surface area contributed by atoms with Crippen LogP contribution in [0.2, 0.25) is 0 Å². The summed E-state index contributed by atoms with van der Waals surface area (Å²) in [6, 6.07) is -0.929. The number of hydrogen-bond donors (Lipinski definition) is 0. The Bertz CT molecular complexity index is 805. The second kappa shape index (κ2) is 12.3. The van der Waals surface area contributed by atoms with Crippen molar-refractivity contribution in [2.75, 3.05) is 6.61 Å². The minimum absolute atomic E-state index is 0.243. The Morgan fingerprint density at radius 1 is 1.09 bits per heavy atom. The van der Waals surface area contributed by atoms with Crippen LogP contribution in [0.25, 0.3) is 0 Å². The summed E-state index contributed by atoms with van der Waals surface area (Å²) in [6.45, 7) is 5.61. The fraction of sp³-hybridized carbons (Fsp3) is 0.636. The van der Waals surface area contributed by atoms with Gasteiger partial charge in [-0.25, -0.2) is 23.1 Å². The predicted molar refractivity (Wildman–Crippen MR) is 106 cm³/mol. The van der Waals surface area contributed by atoms with Crippen molar-refractivity contribution in [2.45, 2.75) is 71.6 Å². The zero-order valence-corrected chi connectivity index (χ0v) is 18.7. The molecule has 0 spiro atoms. The Hall–Kier alpha value is -2.27. The number of hydroxylamine groups is 2. The molecule has 1 saturated heterocycles. The van der Waals surface area contributed by atoms with Gasteiger partial charge >= 0.3 is 5.97 Å². The van der Waals surface area contributed by atoms with Gasteiger partial charge in [0.2, 0.25) is 41.2 Å². The molecule has 1 aromatic carbocycles. The summed E-state index contributed by atoms with van der Waals surface area (Å²) >= 11 is 0. The summed E-state index contributed by atoms with van der Waals surface area (Å²) in [4.78, 5) is 30.5. The van der Waals surface area contributed by atoms with Crippen LogP contribution in [0.3, 0.4) is 0 Å². The first-order chi connectivity index (χ1) is 15.7. The number of hydrogen-bond acceptors (Lipinski definition) is 5. The Kier molecular flexibility index (Phi) is 10.0. The Labute approximate surface area is 188 Å². The summed E-state index contributed by atoms with van der Waals surface area (Å²) in [6.07, 6.45) is 2.96. The van der Waals surface area contributed by atoms with E-state index in [4.69, 9.17) is 14.3 Å². The van der Waals surface area contributed by atoms with Gasteiger partial charge in [-0.3, -0.25) is 9.59 Å². The van der Waals surface area contributed by atoms with E-state index in [-0.39, 0.29) is 6.42 Å². The molecule has 1 aliphatic rings. The lowest BCUT2D eigenvalue weighted by Crippen LogP contribution is -2.48. The molecule has 0 radical (unpaired) electrons. The molecule has 1 aromatic rings. The van der Waals surface area contributed by atoms with E-state index in [9.17, 15) is 31.5 Å². The molecule has 1 fully saturated rings. The van der Waals surface area contributed by atoms with Crippen molar-refractivity contribution < 1.29 is 45.9 Å². The highest BCUT2D eigenvalue weighted by Gasteiger charge is 2.40. The molecule has 4 atom stereocenters. The molecule has 0 aromatic heterocycles. The molecule has 1 heterocycles. The normalized spacial score (nSPS) is 19.0. The van der Waals surface area contributed by atoms with Gasteiger partial charge in [-0.1, -0.05) is 33.6 Å². The summed E-state index contributed by atoms with van der Waals surface area (Å²) in [5, 5.41) is 0.927. The molecule has 0 N–H and O–H groups in total. The van der Waals surface area contributed by atoms with E-state index < -0.39 is 65.0 Å². The minimum Gasteiger partial charge on any atom is -0.420 e. The van der Waals surface area contributed by atoms with Crippen LogP contribution < -0.4 is 4.74 Å². The number of nitrogens with zero attached hydrogens (tertiary/aromatic N) is 1. The van der Waals surface area contributed by atoms with Gasteiger partial charge in [-0.2, -0.15) is 8.78 Å². The van der Waals surface area contributed by atoms with E-state index in [0.717, 1.165) is 17.9 Å². The van der Waals surface area contributed by atoms with Crippen LogP contribution in [0.5, 0.6) is 5.75 Å². The smallest absolute Gasteiger partial charge is 0.317 e. The highest BCUT2D eigenvalue weighted by atomic mass is 19.2. The summed E-state index contributed by atoms with van der Waals surface area (Å²) in [5.74, 6) is -15.9. The first-order valence-corrected chi connectivity index (χ1v) is 10.9. The van der Waals surface area contributed by atoms with E-state index in [1.165, 1.54) is 0 Å².